The second-order valence-corrected chi connectivity index (χ2v) is 4.88. The van der Waals surface area contributed by atoms with Crippen LogP contribution in [0.1, 0.15) is 26.2 Å². The van der Waals surface area contributed by atoms with Crippen LogP contribution in [-0.4, -0.2) is 34.3 Å². The van der Waals surface area contributed by atoms with Crippen LogP contribution in [0.15, 0.2) is 12.3 Å². The molecular weight excluding hydrogens is 200 g/mol. The summed E-state index contributed by atoms with van der Waals surface area (Å²) in [6.45, 7) is 6.87. The van der Waals surface area contributed by atoms with Gasteiger partial charge in [0.25, 0.3) is 0 Å². The van der Waals surface area contributed by atoms with Gasteiger partial charge >= 0.3 is 0 Å². The van der Waals surface area contributed by atoms with E-state index in [4.69, 9.17) is 5.73 Å². The van der Waals surface area contributed by atoms with Crippen LogP contribution in [0.3, 0.4) is 0 Å². The summed E-state index contributed by atoms with van der Waals surface area (Å²) < 4.78 is 1.93. The van der Waals surface area contributed by atoms with Crippen LogP contribution in [0.25, 0.3) is 0 Å². The monoisotopic (exact) mass is 222 g/mol. The minimum atomic E-state index is 0.615. The Balaban J connectivity index is 1.77. The molecule has 2 rings (SSSR count). The summed E-state index contributed by atoms with van der Waals surface area (Å²) in [6.07, 6.45) is 6.00. The lowest BCUT2D eigenvalue weighted by atomic mass is 10.0. The van der Waals surface area contributed by atoms with E-state index in [-0.39, 0.29) is 0 Å². The van der Waals surface area contributed by atoms with E-state index in [1.54, 1.807) is 0 Å². The molecule has 0 saturated carbocycles. The van der Waals surface area contributed by atoms with Crippen molar-refractivity contribution in [1.29, 1.82) is 0 Å². The van der Waals surface area contributed by atoms with Crippen molar-refractivity contribution >= 4 is 5.82 Å². The number of rotatable bonds is 3. The van der Waals surface area contributed by atoms with Crippen molar-refractivity contribution in [2.75, 3.05) is 25.4 Å². The van der Waals surface area contributed by atoms with E-state index in [9.17, 15) is 0 Å². The van der Waals surface area contributed by atoms with E-state index >= 15 is 0 Å². The molecule has 0 spiro atoms. The van der Waals surface area contributed by atoms with Crippen molar-refractivity contribution in [3.05, 3.63) is 12.3 Å². The molecular formula is C12H22N4. The molecule has 0 radical (unpaired) electrons. The van der Waals surface area contributed by atoms with Gasteiger partial charge in [-0.2, -0.15) is 5.10 Å². The predicted molar refractivity (Wildman–Crippen MR) is 66.1 cm³/mol. The quantitative estimate of drug-likeness (QED) is 0.844. The first-order valence-electron chi connectivity index (χ1n) is 6.25. The van der Waals surface area contributed by atoms with Crippen LogP contribution in [0.5, 0.6) is 0 Å². The molecule has 2 heterocycles. The molecule has 0 amide bonds. The Hall–Kier alpha value is -1.03. The van der Waals surface area contributed by atoms with Gasteiger partial charge in [0.05, 0.1) is 6.54 Å². The first-order valence-corrected chi connectivity index (χ1v) is 6.25. The number of aromatic nitrogens is 2. The molecule has 1 aromatic heterocycles. The van der Waals surface area contributed by atoms with Crippen LogP contribution in [0, 0.1) is 5.92 Å². The van der Waals surface area contributed by atoms with Crippen LogP contribution in [0.2, 0.25) is 0 Å². The van der Waals surface area contributed by atoms with E-state index in [1.807, 2.05) is 16.9 Å². The van der Waals surface area contributed by atoms with Gasteiger partial charge in [0, 0.05) is 12.7 Å². The van der Waals surface area contributed by atoms with Gasteiger partial charge in [-0.15, -0.1) is 0 Å². The van der Waals surface area contributed by atoms with Crippen molar-refractivity contribution in [2.24, 2.45) is 5.92 Å². The summed E-state index contributed by atoms with van der Waals surface area (Å²) in [7, 11) is 0. The number of nitrogens with two attached hydrogens (primary N) is 1. The molecule has 0 aromatic carbocycles. The fourth-order valence-corrected chi connectivity index (χ4v) is 2.29. The molecule has 1 atom stereocenters. The van der Waals surface area contributed by atoms with Gasteiger partial charge in [0.2, 0.25) is 0 Å². The van der Waals surface area contributed by atoms with Crippen LogP contribution in [-0.2, 0) is 6.54 Å². The standard InChI is InChI=1S/C12H22N4/c1-11-3-2-6-15(7-4-11)9-10-16-8-5-12(13)14-16/h5,8,11H,2-4,6-7,9-10H2,1H3,(H2,13,14). The van der Waals surface area contributed by atoms with Crippen molar-refractivity contribution < 1.29 is 0 Å². The minimum Gasteiger partial charge on any atom is -0.382 e. The van der Waals surface area contributed by atoms with Crippen molar-refractivity contribution in [2.45, 2.75) is 32.7 Å². The number of likely N-dealkylation sites (tertiary alicyclic amines) is 1. The number of hydrogen-bond acceptors (Lipinski definition) is 3. The smallest absolute Gasteiger partial charge is 0.145 e. The Morgan fingerprint density at radius 3 is 3.00 bits per heavy atom. The van der Waals surface area contributed by atoms with Crippen molar-refractivity contribution in [1.82, 2.24) is 14.7 Å². The van der Waals surface area contributed by atoms with Gasteiger partial charge in [-0.05, 0) is 44.3 Å². The maximum absolute atomic E-state index is 5.58. The van der Waals surface area contributed by atoms with Gasteiger partial charge in [-0.3, -0.25) is 4.68 Å². The summed E-state index contributed by atoms with van der Waals surface area (Å²) in [5, 5.41) is 4.20. The fourth-order valence-electron chi connectivity index (χ4n) is 2.29. The summed E-state index contributed by atoms with van der Waals surface area (Å²) in [5.74, 6) is 1.51. The summed E-state index contributed by atoms with van der Waals surface area (Å²) in [4.78, 5) is 2.54. The van der Waals surface area contributed by atoms with E-state index in [0.717, 1.165) is 19.0 Å². The summed E-state index contributed by atoms with van der Waals surface area (Å²) in [6, 6.07) is 1.85. The van der Waals surface area contributed by atoms with Crippen molar-refractivity contribution in [3.63, 3.8) is 0 Å². The molecule has 0 aliphatic carbocycles. The summed E-state index contributed by atoms with van der Waals surface area (Å²) in [5.41, 5.74) is 5.58. The second kappa shape index (κ2) is 5.34. The van der Waals surface area contributed by atoms with E-state index < -0.39 is 0 Å². The molecule has 4 heteroatoms. The van der Waals surface area contributed by atoms with Crippen LogP contribution < -0.4 is 5.73 Å². The Morgan fingerprint density at radius 1 is 1.38 bits per heavy atom. The normalized spacial score (nSPS) is 23.2. The average molecular weight is 222 g/mol. The molecule has 1 fully saturated rings. The molecule has 1 saturated heterocycles. The Bertz CT molecular complexity index is 321. The summed E-state index contributed by atoms with van der Waals surface area (Å²) >= 11 is 0. The van der Waals surface area contributed by atoms with E-state index in [0.29, 0.717) is 5.82 Å². The van der Waals surface area contributed by atoms with Gasteiger partial charge in [0.1, 0.15) is 5.82 Å². The third-order valence-electron chi connectivity index (χ3n) is 3.42. The lowest BCUT2D eigenvalue weighted by Gasteiger charge is -2.19. The SMILES string of the molecule is CC1CCCN(CCn2ccc(N)n2)CC1. The Labute approximate surface area is 97.4 Å². The highest BCUT2D eigenvalue weighted by Gasteiger charge is 2.13. The molecule has 4 nitrogen and oxygen atoms in total. The highest BCUT2D eigenvalue weighted by Crippen LogP contribution is 2.16. The number of hydrogen-bond donors (Lipinski definition) is 1. The van der Waals surface area contributed by atoms with Crippen LogP contribution >= 0.6 is 0 Å². The van der Waals surface area contributed by atoms with E-state index in [2.05, 4.69) is 16.9 Å². The van der Waals surface area contributed by atoms with Gasteiger partial charge in [-0.1, -0.05) is 6.92 Å². The average Bonchev–Trinajstić information content (AvgIpc) is 2.56. The van der Waals surface area contributed by atoms with Crippen LogP contribution in [0.4, 0.5) is 5.82 Å². The van der Waals surface area contributed by atoms with Gasteiger partial charge in [-0.25, -0.2) is 0 Å². The number of nitrogen functional groups attached to an aromatic ring is 1. The lowest BCUT2D eigenvalue weighted by molar-refractivity contribution is 0.266. The highest BCUT2D eigenvalue weighted by atomic mass is 15.3. The predicted octanol–water partition coefficient (Wildman–Crippen LogP) is 1.59. The molecule has 1 aliphatic rings. The Kier molecular flexibility index (Phi) is 3.83. The topological polar surface area (TPSA) is 47.1 Å². The van der Waals surface area contributed by atoms with E-state index in [1.165, 1.54) is 32.4 Å². The minimum absolute atomic E-state index is 0.615. The zero-order valence-electron chi connectivity index (χ0n) is 10.1. The molecule has 1 aliphatic heterocycles. The molecule has 2 N–H and O–H groups in total. The maximum atomic E-state index is 5.58. The largest absolute Gasteiger partial charge is 0.382 e. The molecule has 1 unspecified atom stereocenters. The zero-order valence-corrected chi connectivity index (χ0v) is 10.1. The second-order valence-electron chi connectivity index (χ2n) is 4.88. The van der Waals surface area contributed by atoms with Gasteiger partial charge in [0.15, 0.2) is 0 Å². The fraction of sp³-hybridized carbons (Fsp3) is 0.750. The molecule has 0 bridgehead atoms. The molecule has 90 valence electrons. The number of nitrogens with zero attached hydrogens (tertiary/aromatic N) is 3. The first-order chi connectivity index (χ1) is 7.74. The third-order valence-corrected chi connectivity index (χ3v) is 3.42. The maximum Gasteiger partial charge on any atom is 0.145 e. The third kappa shape index (κ3) is 3.23. The van der Waals surface area contributed by atoms with Gasteiger partial charge < -0.3 is 10.6 Å². The molecule has 1 aromatic rings. The highest BCUT2D eigenvalue weighted by molar-refractivity contribution is 5.23. The number of anilines is 1. The zero-order chi connectivity index (χ0) is 11.4. The lowest BCUT2D eigenvalue weighted by Crippen LogP contribution is -2.28. The Morgan fingerprint density at radius 2 is 2.25 bits per heavy atom. The van der Waals surface area contributed by atoms with Crippen molar-refractivity contribution in [3.8, 4) is 0 Å². The molecule has 16 heavy (non-hydrogen) atoms. The first kappa shape index (κ1) is 11.5.